The minimum absolute atomic E-state index is 0. The molecule has 1 atom stereocenters. The van der Waals surface area contributed by atoms with Crippen molar-refractivity contribution in [2.24, 2.45) is 21.5 Å². The molecule has 0 aliphatic carbocycles. The van der Waals surface area contributed by atoms with Gasteiger partial charge in [-0.05, 0) is 31.0 Å². The molecule has 122 valence electrons. The van der Waals surface area contributed by atoms with Crippen LogP contribution in [0.4, 0.5) is 5.69 Å². The van der Waals surface area contributed by atoms with Crippen molar-refractivity contribution in [2.75, 3.05) is 4.90 Å². The second-order valence-electron chi connectivity index (χ2n) is 5.14. The average Bonchev–Trinajstić information content (AvgIpc) is 2.43. The van der Waals surface area contributed by atoms with Gasteiger partial charge in [0.05, 0.1) is 0 Å². The van der Waals surface area contributed by atoms with Gasteiger partial charge in [0, 0.05) is 10.7 Å². The minimum Gasteiger partial charge on any atom is -0.369 e. The fourth-order valence-electron chi connectivity index (χ4n) is 2.44. The maximum atomic E-state index is 6.07. The van der Waals surface area contributed by atoms with Gasteiger partial charge in [-0.2, -0.15) is 4.99 Å². The van der Waals surface area contributed by atoms with E-state index in [1.165, 1.54) is 19.3 Å². The third-order valence-electron chi connectivity index (χ3n) is 3.46. The first kappa shape index (κ1) is 18.6. The van der Waals surface area contributed by atoms with E-state index in [9.17, 15) is 0 Å². The summed E-state index contributed by atoms with van der Waals surface area (Å²) >= 11 is 6.07. The van der Waals surface area contributed by atoms with Crippen LogP contribution in [0, 0.1) is 0 Å². The maximum Gasteiger partial charge on any atom is 0.220 e. The van der Waals surface area contributed by atoms with E-state index in [4.69, 9.17) is 23.1 Å². The molecule has 0 fully saturated rings. The summed E-state index contributed by atoms with van der Waals surface area (Å²) in [5.74, 6) is 0.608. The summed E-state index contributed by atoms with van der Waals surface area (Å²) in [7, 11) is 0. The molecule has 5 nitrogen and oxygen atoms in total. The number of unbranched alkanes of at least 4 members (excludes halogenated alkanes) is 3. The zero-order valence-corrected chi connectivity index (χ0v) is 14.3. The number of nitrogens with zero attached hydrogens (tertiary/aromatic N) is 3. The predicted molar refractivity (Wildman–Crippen MR) is 97.0 cm³/mol. The molecule has 0 saturated heterocycles. The maximum absolute atomic E-state index is 6.07. The third-order valence-corrected chi connectivity index (χ3v) is 3.69. The van der Waals surface area contributed by atoms with E-state index in [0.29, 0.717) is 11.0 Å². The van der Waals surface area contributed by atoms with E-state index in [0.717, 1.165) is 18.5 Å². The lowest BCUT2D eigenvalue weighted by molar-refractivity contribution is 0.554. The summed E-state index contributed by atoms with van der Waals surface area (Å²) in [5, 5.41) is 0.660. The number of nitrogens with two attached hydrogens (primary N) is 2. The number of anilines is 1. The van der Waals surface area contributed by atoms with Gasteiger partial charge >= 0.3 is 0 Å². The lowest BCUT2D eigenvalue weighted by atomic mass is 10.1. The number of rotatable bonds is 6. The van der Waals surface area contributed by atoms with Crippen LogP contribution in [0.15, 0.2) is 34.3 Å². The Kier molecular flexibility index (Phi) is 7.48. The molecule has 0 spiro atoms. The Balaban J connectivity index is 0.00000242. The molecule has 1 aliphatic heterocycles. The number of aliphatic imine (C=N–C) groups is 2. The van der Waals surface area contributed by atoms with Crippen LogP contribution in [0.5, 0.6) is 0 Å². The van der Waals surface area contributed by atoms with Crippen molar-refractivity contribution in [2.45, 2.75) is 45.2 Å². The topological polar surface area (TPSA) is 80.0 Å². The van der Waals surface area contributed by atoms with E-state index in [1.807, 2.05) is 29.2 Å². The fraction of sp³-hybridized carbons (Fsp3) is 0.467. The smallest absolute Gasteiger partial charge is 0.220 e. The van der Waals surface area contributed by atoms with Crippen LogP contribution in [0.1, 0.15) is 39.0 Å². The first-order valence-corrected chi connectivity index (χ1v) is 7.72. The second kappa shape index (κ2) is 8.86. The Labute approximate surface area is 142 Å². The molecule has 1 heterocycles. The summed E-state index contributed by atoms with van der Waals surface area (Å²) in [4.78, 5) is 10.4. The molecular formula is C15H23Cl2N5. The van der Waals surface area contributed by atoms with Crippen molar-refractivity contribution in [1.82, 2.24) is 0 Å². The first-order chi connectivity index (χ1) is 10.1. The Morgan fingerprint density at radius 3 is 2.68 bits per heavy atom. The van der Waals surface area contributed by atoms with Crippen molar-refractivity contribution < 1.29 is 0 Å². The molecule has 4 N–H and O–H groups in total. The fourth-order valence-corrected chi connectivity index (χ4v) is 2.63. The predicted octanol–water partition coefficient (Wildman–Crippen LogP) is 3.51. The van der Waals surface area contributed by atoms with Gasteiger partial charge in [-0.15, -0.1) is 12.4 Å². The van der Waals surface area contributed by atoms with Gasteiger partial charge in [-0.25, -0.2) is 4.99 Å². The SMILES string of the molecule is CCCCCCC1N=C(N)N=C(N)N1c1cccc(Cl)c1.Cl. The average molecular weight is 344 g/mol. The Morgan fingerprint density at radius 1 is 1.23 bits per heavy atom. The highest BCUT2D eigenvalue weighted by Crippen LogP contribution is 2.25. The molecule has 2 rings (SSSR count). The van der Waals surface area contributed by atoms with Crippen molar-refractivity contribution in [1.29, 1.82) is 0 Å². The van der Waals surface area contributed by atoms with Crippen LogP contribution >= 0.6 is 24.0 Å². The Hall–Kier alpha value is -1.46. The molecule has 0 saturated carbocycles. The van der Waals surface area contributed by atoms with Crippen LogP contribution in [0.3, 0.4) is 0 Å². The van der Waals surface area contributed by atoms with Gasteiger partial charge in [0.15, 0.2) is 0 Å². The Morgan fingerprint density at radius 2 is 2.00 bits per heavy atom. The monoisotopic (exact) mass is 343 g/mol. The van der Waals surface area contributed by atoms with Gasteiger partial charge in [-0.1, -0.05) is 43.9 Å². The van der Waals surface area contributed by atoms with Crippen molar-refractivity contribution in [3.8, 4) is 0 Å². The summed E-state index contributed by atoms with van der Waals surface area (Å²) < 4.78 is 0. The summed E-state index contributed by atoms with van der Waals surface area (Å²) in [5.41, 5.74) is 12.7. The van der Waals surface area contributed by atoms with Crippen LogP contribution in [-0.2, 0) is 0 Å². The molecule has 0 radical (unpaired) electrons. The summed E-state index contributed by atoms with van der Waals surface area (Å²) in [6.07, 6.45) is 5.48. The van der Waals surface area contributed by atoms with Crippen LogP contribution in [-0.4, -0.2) is 18.1 Å². The summed E-state index contributed by atoms with van der Waals surface area (Å²) in [6.45, 7) is 2.19. The van der Waals surface area contributed by atoms with E-state index in [1.54, 1.807) is 0 Å². The van der Waals surface area contributed by atoms with Gasteiger partial charge in [0.25, 0.3) is 0 Å². The molecular weight excluding hydrogens is 321 g/mol. The lowest BCUT2D eigenvalue weighted by Gasteiger charge is -2.32. The van der Waals surface area contributed by atoms with Gasteiger partial charge < -0.3 is 11.5 Å². The molecule has 7 heteroatoms. The lowest BCUT2D eigenvalue weighted by Crippen LogP contribution is -2.48. The molecule has 0 amide bonds. The van der Waals surface area contributed by atoms with Gasteiger partial charge in [-0.3, -0.25) is 4.90 Å². The zero-order valence-electron chi connectivity index (χ0n) is 12.7. The van der Waals surface area contributed by atoms with Crippen LogP contribution in [0.2, 0.25) is 5.02 Å². The molecule has 22 heavy (non-hydrogen) atoms. The first-order valence-electron chi connectivity index (χ1n) is 7.34. The van der Waals surface area contributed by atoms with E-state index >= 15 is 0 Å². The molecule has 1 aromatic carbocycles. The van der Waals surface area contributed by atoms with E-state index in [-0.39, 0.29) is 24.5 Å². The van der Waals surface area contributed by atoms with Gasteiger partial charge in [0.2, 0.25) is 11.9 Å². The summed E-state index contributed by atoms with van der Waals surface area (Å²) in [6, 6.07) is 7.53. The molecule has 1 aromatic rings. The molecule has 0 aromatic heterocycles. The highest BCUT2D eigenvalue weighted by molar-refractivity contribution is 6.31. The van der Waals surface area contributed by atoms with Crippen molar-refractivity contribution in [3.05, 3.63) is 29.3 Å². The third kappa shape index (κ3) is 4.78. The molecule has 0 bridgehead atoms. The van der Waals surface area contributed by atoms with Crippen molar-refractivity contribution in [3.63, 3.8) is 0 Å². The zero-order chi connectivity index (χ0) is 15.2. The standard InChI is InChI=1S/C15H22ClN5.ClH/c1-2-3-4-5-9-13-19-14(17)20-15(18)21(13)12-8-6-7-11(16)10-12;/h6-8,10,13H,2-5,9H2,1H3,(H4,17,18,19,20);1H. The van der Waals surface area contributed by atoms with Crippen molar-refractivity contribution >= 4 is 41.6 Å². The minimum atomic E-state index is -0.113. The largest absolute Gasteiger partial charge is 0.369 e. The van der Waals surface area contributed by atoms with E-state index in [2.05, 4.69) is 16.9 Å². The highest BCUT2D eigenvalue weighted by atomic mass is 35.5. The Bertz CT molecular complexity index is 544. The molecule has 1 aliphatic rings. The van der Waals surface area contributed by atoms with Gasteiger partial charge in [0.1, 0.15) is 6.17 Å². The number of benzene rings is 1. The number of halogens is 2. The number of hydrogen-bond donors (Lipinski definition) is 2. The second-order valence-corrected chi connectivity index (χ2v) is 5.57. The van der Waals surface area contributed by atoms with Crippen LogP contribution < -0.4 is 16.4 Å². The quantitative estimate of drug-likeness (QED) is 0.775. The molecule has 1 unspecified atom stereocenters. The van der Waals surface area contributed by atoms with Crippen LogP contribution in [0.25, 0.3) is 0 Å². The normalized spacial score (nSPS) is 17.5. The van der Waals surface area contributed by atoms with E-state index < -0.39 is 0 Å². The highest BCUT2D eigenvalue weighted by Gasteiger charge is 2.25. The number of hydrogen-bond acceptors (Lipinski definition) is 5. The number of guanidine groups is 2.